The third-order valence-corrected chi connectivity index (χ3v) is 6.05. The van der Waals surface area contributed by atoms with Gasteiger partial charge in [0.25, 0.3) is 11.8 Å². The van der Waals surface area contributed by atoms with Crippen molar-refractivity contribution in [3.8, 4) is 5.75 Å². The fraction of sp³-hybridized carbons (Fsp3) is 0.381. The van der Waals surface area contributed by atoms with Crippen LogP contribution in [0.25, 0.3) is 0 Å². The van der Waals surface area contributed by atoms with Crippen molar-refractivity contribution in [1.82, 2.24) is 0 Å². The first kappa shape index (κ1) is 20.9. The van der Waals surface area contributed by atoms with E-state index >= 15 is 0 Å². The van der Waals surface area contributed by atoms with Crippen LogP contribution in [0.4, 0.5) is 5.00 Å². The molecular weight excluding hydrogens is 392 g/mol. The number of fused-ring (bicyclic) bond motifs is 1. The average Bonchev–Trinajstić information content (AvgIpc) is 3.04. The summed E-state index contributed by atoms with van der Waals surface area (Å²) in [5, 5.41) is 3.12. The molecule has 154 valence electrons. The van der Waals surface area contributed by atoms with Crippen LogP contribution in [0, 0.1) is 5.92 Å². The number of carbonyl (C=O) groups excluding carboxylic acids is 3. The van der Waals surface area contributed by atoms with Crippen LogP contribution in [0.1, 0.15) is 39.7 Å². The summed E-state index contributed by atoms with van der Waals surface area (Å²) < 4.78 is 10.1. The number of nitrogens with two attached hydrogens (primary N) is 1. The van der Waals surface area contributed by atoms with Gasteiger partial charge in [-0.05, 0) is 48.4 Å². The summed E-state index contributed by atoms with van der Waals surface area (Å²) in [7, 11) is 1.57. The van der Waals surface area contributed by atoms with Crippen LogP contribution in [0.3, 0.4) is 0 Å². The fourth-order valence-electron chi connectivity index (χ4n) is 3.37. The Hall–Kier alpha value is -2.87. The second kappa shape index (κ2) is 9.09. The summed E-state index contributed by atoms with van der Waals surface area (Å²) in [5.41, 5.74) is 7.62. The van der Waals surface area contributed by atoms with E-state index in [1.807, 2.05) is 0 Å². The van der Waals surface area contributed by atoms with E-state index in [2.05, 4.69) is 12.2 Å². The van der Waals surface area contributed by atoms with Crippen LogP contribution in [0.5, 0.6) is 5.75 Å². The van der Waals surface area contributed by atoms with E-state index in [1.165, 1.54) is 11.3 Å². The normalized spacial score (nSPS) is 15.3. The zero-order valence-corrected chi connectivity index (χ0v) is 17.3. The van der Waals surface area contributed by atoms with Crippen LogP contribution in [0.2, 0.25) is 0 Å². The summed E-state index contributed by atoms with van der Waals surface area (Å²) >= 11 is 1.38. The molecule has 29 heavy (non-hydrogen) atoms. The van der Waals surface area contributed by atoms with Crippen molar-refractivity contribution in [1.29, 1.82) is 0 Å². The summed E-state index contributed by atoms with van der Waals surface area (Å²) in [5.74, 6) is -0.338. The molecule has 1 heterocycles. The second-order valence-corrected chi connectivity index (χ2v) is 8.26. The first-order chi connectivity index (χ1) is 13.9. The molecule has 2 aromatic rings. The van der Waals surface area contributed by atoms with E-state index in [1.54, 1.807) is 31.4 Å². The third kappa shape index (κ3) is 5.14. The molecule has 7 nitrogen and oxygen atoms in total. The summed E-state index contributed by atoms with van der Waals surface area (Å²) in [6.45, 7) is 1.74. The van der Waals surface area contributed by atoms with Gasteiger partial charge in [-0.3, -0.25) is 14.4 Å². The number of methoxy groups -OCH3 is 1. The van der Waals surface area contributed by atoms with Crippen molar-refractivity contribution >= 4 is 34.1 Å². The van der Waals surface area contributed by atoms with Gasteiger partial charge >= 0.3 is 5.97 Å². The molecule has 1 aromatic heterocycles. The van der Waals surface area contributed by atoms with Gasteiger partial charge in [0.1, 0.15) is 10.8 Å². The number of esters is 1. The smallest absolute Gasteiger partial charge is 0.310 e. The minimum Gasteiger partial charge on any atom is -0.497 e. The summed E-state index contributed by atoms with van der Waals surface area (Å²) in [6.07, 6.45) is 2.68. The zero-order valence-electron chi connectivity index (χ0n) is 16.4. The number of carbonyl (C=O) groups is 3. The second-order valence-electron chi connectivity index (χ2n) is 7.15. The largest absolute Gasteiger partial charge is 0.497 e. The highest BCUT2D eigenvalue weighted by molar-refractivity contribution is 7.17. The number of benzene rings is 1. The molecule has 1 atom stereocenters. The molecule has 2 amide bonds. The van der Waals surface area contributed by atoms with E-state index in [-0.39, 0.29) is 6.42 Å². The molecule has 0 unspecified atom stereocenters. The number of hydrogen-bond donors (Lipinski definition) is 2. The molecule has 0 bridgehead atoms. The lowest BCUT2D eigenvalue weighted by atomic mass is 9.88. The van der Waals surface area contributed by atoms with Gasteiger partial charge in [-0.2, -0.15) is 0 Å². The van der Waals surface area contributed by atoms with E-state index in [4.69, 9.17) is 15.2 Å². The molecule has 0 spiro atoms. The first-order valence-electron chi connectivity index (χ1n) is 9.40. The number of amides is 2. The van der Waals surface area contributed by atoms with Gasteiger partial charge in [0.05, 0.1) is 19.1 Å². The Labute approximate surface area is 173 Å². The Morgan fingerprint density at radius 3 is 2.62 bits per heavy atom. The maximum Gasteiger partial charge on any atom is 0.310 e. The van der Waals surface area contributed by atoms with E-state index in [9.17, 15) is 14.4 Å². The lowest BCUT2D eigenvalue weighted by Crippen LogP contribution is -2.23. The van der Waals surface area contributed by atoms with Crippen LogP contribution >= 0.6 is 11.3 Å². The molecule has 0 fully saturated rings. The van der Waals surface area contributed by atoms with E-state index in [0.29, 0.717) is 22.2 Å². The number of anilines is 1. The molecular formula is C21H24N2O5S. The number of nitrogens with one attached hydrogen (secondary N) is 1. The molecule has 1 aromatic carbocycles. The molecule has 8 heteroatoms. The molecule has 3 N–H and O–H groups in total. The van der Waals surface area contributed by atoms with Crippen molar-refractivity contribution in [3.05, 3.63) is 45.8 Å². The Bertz CT molecular complexity index is 920. The summed E-state index contributed by atoms with van der Waals surface area (Å²) in [4.78, 5) is 37.2. The monoisotopic (exact) mass is 416 g/mol. The van der Waals surface area contributed by atoms with Gasteiger partial charge in [0.2, 0.25) is 0 Å². The summed E-state index contributed by atoms with van der Waals surface area (Å²) in [6, 6.07) is 7.02. The maximum absolute atomic E-state index is 12.3. The lowest BCUT2D eigenvalue weighted by molar-refractivity contribution is -0.146. The Balaban J connectivity index is 1.58. The van der Waals surface area contributed by atoms with Crippen molar-refractivity contribution in [2.24, 2.45) is 11.7 Å². The van der Waals surface area contributed by atoms with Gasteiger partial charge in [-0.15, -0.1) is 11.3 Å². The van der Waals surface area contributed by atoms with Gasteiger partial charge in [-0.25, -0.2) is 0 Å². The van der Waals surface area contributed by atoms with Crippen molar-refractivity contribution in [2.45, 2.75) is 32.6 Å². The molecule has 3 rings (SSSR count). The predicted octanol–water partition coefficient (Wildman–Crippen LogP) is 2.70. The Kier molecular flexibility index (Phi) is 6.53. The number of rotatable bonds is 7. The van der Waals surface area contributed by atoms with Gasteiger partial charge in [0.15, 0.2) is 6.61 Å². The van der Waals surface area contributed by atoms with Crippen LogP contribution in [-0.4, -0.2) is 31.5 Å². The van der Waals surface area contributed by atoms with Crippen molar-refractivity contribution in [2.75, 3.05) is 19.0 Å². The molecule has 0 saturated carbocycles. The van der Waals surface area contributed by atoms with Gasteiger partial charge in [0, 0.05) is 4.88 Å². The van der Waals surface area contributed by atoms with Gasteiger partial charge in [-0.1, -0.05) is 19.1 Å². The highest BCUT2D eigenvalue weighted by atomic mass is 32.1. The quantitative estimate of drug-likeness (QED) is 0.675. The first-order valence-corrected chi connectivity index (χ1v) is 10.2. The maximum atomic E-state index is 12.3. The SMILES string of the molecule is COc1ccc(CC(=O)OCC(=O)Nc2sc3c(c2C(N)=O)CC[C@H](C)C3)cc1. The van der Waals surface area contributed by atoms with E-state index < -0.39 is 24.4 Å². The van der Waals surface area contributed by atoms with E-state index in [0.717, 1.165) is 35.3 Å². The minimum atomic E-state index is -0.552. The van der Waals surface area contributed by atoms with Crippen molar-refractivity contribution in [3.63, 3.8) is 0 Å². The molecule has 0 saturated heterocycles. The number of ether oxygens (including phenoxy) is 2. The topological polar surface area (TPSA) is 108 Å². The van der Waals surface area contributed by atoms with Crippen molar-refractivity contribution < 1.29 is 23.9 Å². The van der Waals surface area contributed by atoms with Crippen LogP contribution in [0.15, 0.2) is 24.3 Å². The predicted molar refractivity (Wildman–Crippen MR) is 110 cm³/mol. The number of hydrogen-bond acceptors (Lipinski definition) is 6. The third-order valence-electron chi connectivity index (χ3n) is 4.88. The Morgan fingerprint density at radius 1 is 1.24 bits per heavy atom. The average molecular weight is 416 g/mol. The highest BCUT2D eigenvalue weighted by Crippen LogP contribution is 2.39. The van der Waals surface area contributed by atoms with Crippen LogP contribution in [-0.2, 0) is 33.6 Å². The van der Waals surface area contributed by atoms with Crippen LogP contribution < -0.4 is 15.8 Å². The molecule has 0 radical (unpaired) electrons. The molecule has 0 aliphatic heterocycles. The zero-order chi connectivity index (χ0) is 21.0. The Morgan fingerprint density at radius 2 is 1.97 bits per heavy atom. The number of primary amides is 1. The lowest BCUT2D eigenvalue weighted by Gasteiger charge is -2.18. The molecule has 1 aliphatic rings. The van der Waals surface area contributed by atoms with Gasteiger partial charge < -0.3 is 20.5 Å². The minimum absolute atomic E-state index is 0.0506. The fourth-order valence-corrected chi connectivity index (χ4v) is 4.80. The molecule has 1 aliphatic carbocycles. The number of thiophene rings is 1. The highest BCUT2D eigenvalue weighted by Gasteiger charge is 2.27. The standard InChI is InChI=1S/C21H24N2O5S/c1-12-3-8-15-16(9-12)29-21(19(15)20(22)26)23-17(24)11-28-18(25)10-13-4-6-14(27-2)7-5-13/h4-7,12H,3,8-11H2,1-2H3,(H2,22,26)(H,23,24)/t12-/m0/s1.